The fraction of sp³-hybridized carbons (Fsp3) is 0.0476. The number of carbonyl (C=O) groups excluding carboxylic acids is 1. The summed E-state index contributed by atoms with van der Waals surface area (Å²) in [5.41, 5.74) is 1.53. The summed E-state index contributed by atoms with van der Waals surface area (Å²) in [5.74, 6) is -0.304. The zero-order valence-corrected chi connectivity index (χ0v) is 14.2. The van der Waals surface area contributed by atoms with Gasteiger partial charge in [0.25, 0.3) is 5.71 Å². The number of benzene rings is 2. The van der Waals surface area contributed by atoms with Crippen LogP contribution in [0.1, 0.15) is 21.6 Å². The molecule has 0 aliphatic heterocycles. The number of para-hydroxylation sites is 1. The maximum Gasteiger partial charge on any atom is 0.346 e. The van der Waals surface area contributed by atoms with Crippen LogP contribution in [0.4, 0.5) is 0 Å². The van der Waals surface area contributed by atoms with Gasteiger partial charge in [-0.25, -0.2) is 9.78 Å². The van der Waals surface area contributed by atoms with Crippen molar-refractivity contribution in [2.45, 2.75) is 6.92 Å². The van der Waals surface area contributed by atoms with Gasteiger partial charge in [-0.15, -0.1) is 0 Å². The Hall–Kier alpha value is -3.80. The highest BCUT2D eigenvalue weighted by Crippen LogP contribution is 2.31. The predicted molar refractivity (Wildman–Crippen MR) is 100.0 cm³/mol. The van der Waals surface area contributed by atoms with Crippen LogP contribution in [0.5, 0.6) is 0 Å². The van der Waals surface area contributed by atoms with Crippen molar-refractivity contribution in [2.24, 2.45) is 0 Å². The number of pyridine rings is 1. The molecule has 0 N–H and O–H groups in total. The molecule has 0 amide bonds. The van der Waals surface area contributed by atoms with Crippen molar-refractivity contribution >= 4 is 38.8 Å². The van der Waals surface area contributed by atoms with Crippen molar-refractivity contribution in [3.8, 4) is 0 Å². The Balaban J connectivity index is 2.03. The maximum atomic E-state index is 13.3. The van der Waals surface area contributed by atoms with Crippen LogP contribution in [0.3, 0.4) is 0 Å². The Bertz CT molecular complexity index is 1410. The zero-order chi connectivity index (χ0) is 18.5. The minimum atomic E-state index is -0.613. The van der Waals surface area contributed by atoms with Gasteiger partial charge in [0.2, 0.25) is 0 Å². The molecule has 5 aromatic rings. The van der Waals surface area contributed by atoms with E-state index in [1.807, 2.05) is 12.1 Å². The molecule has 0 fully saturated rings. The Morgan fingerprint density at radius 1 is 0.963 bits per heavy atom. The first kappa shape index (κ1) is 15.5. The van der Waals surface area contributed by atoms with Crippen LogP contribution in [0.15, 0.2) is 68.3 Å². The number of hydrogen-bond donors (Lipinski definition) is 0. The molecule has 3 heterocycles. The third-order valence-corrected chi connectivity index (χ3v) is 4.61. The normalized spacial score (nSPS) is 11.4. The van der Waals surface area contributed by atoms with Crippen LogP contribution in [0, 0.1) is 6.92 Å². The number of carbonyl (C=O) groups is 1. The molecule has 2 aromatic carbocycles. The summed E-state index contributed by atoms with van der Waals surface area (Å²) in [5, 5.41) is 5.14. The van der Waals surface area contributed by atoms with E-state index in [-0.39, 0.29) is 22.4 Å². The molecule has 130 valence electrons. The van der Waals surface area contributed by atoms with Gasteiger partial charge in [-0.3, -0.25) is 4.79 Å². The van der Waals surface area contributed by atoms with E-state index in [9.17, 15) is 9.59 Å². The van der Waals surface area contributed by atoms with Gasteiger partial charge in [0.05, 0.1) is 27.5 Å². The third kappa shape index (κ3) is 2.20. The lowest BCUT2D eigenvalue weighted by Gasteiger charge is -2.08. The number of nitrogens with zero attached hydrogens (tertiary/aromatic N) is 2. The van der Waals surface area contributed by atoms with E-state index in [1.165, 1.54) is 0 Å². The maximum absolute atomic E-state index is 13.3. The second-order valence-corrected chi connectivity index (χ2v) is 6.24. The molecule has 0 atom stereocenters. The lowest BCUT2D eigenvalue weighted by Crippen LogP contribution is -2.11. The summed E-state index contributed by atoms with van der Waals surface area (Å²) in [7, 11) is 0. The fourth-order valence-electron chi connectivity index (χ4n) is 3.38. The summed E-state index contributed by atoms with van der Waals surface area (Å²) < 4.78 is 10.8. The van der Waals surface area contributed by atoms with E-state index < -0.39 is 5.63 Å². The Kier molecular flexibility index (Phi) is 3.21. The van der Waals surface area contributed by atoms with E-state index in [0.29, 0.717) is 33.1 Å². The van der Waals surface area contributed by atoms with Gasteiger partial charge >= 0.3 is 5.63 Å². The highest BCUT2D eigenvalue weighted by molar-refractivity contribution is 6.24. The molecule has 27 heavy (non-hydrogen) atoms. The van der Waals surface area contributed by atoms with E-state index in [0.717, 1.165) is 0 Å². The van der Waals surface area contributed by atoms with Crippen LogP contribution in [0.2, 0.25) is 0 Å². The zero-order valence-electron chi connectivity index (χ0n) is 14.2. The smallest absolute Gasteiger partial charge is 0.346 e. The van der Waals surface area contributed by atoms with Gasteiger partial charge in [0.15, 0.2) is 5.78 Å². The van der Waals surface area contributed by atoms with E-state index >= 15 is 0 Å². The van der Waals surface area contributed by atoms with E-state index in [4.69, 9.17) is 8.94 Å². The Morgan fingerprint density at radius 2 is 1.70 bits per heavy atom. The van der Waals surface area contributed by atoms with Crippen LogP contribution >= 0.6 is 0 Å². The fourth-order valence-corrected chi connectivity index (χ4v) is 3.38. The largest absolute Gasteiger partial charge is 0.422 e. The molecule has 0 radical (unpaired) electrons. The van der Waals surface area contributed by atoms with Crippen molar-refractivity contribution in [1.29, 1.82) is 0 Å². The molecule has 0 spiro atoms. The number of ketones is 1. The number of fused-ring (bicyclic) bond motifs is 4. The number of hydrogen-bond acceptors (Lipinski definition) is 6. The number of rotatable bonds is 2. The highest BCUT2D eigenvalue weighted by atomic mass is 16.5. The van der Waals surface area contributed by atoms with Crippen LogP contribution in [-0.2, 0) is 0 Å². The Morgan fingerprint density at radius 3 is 2.52 bits per heavy atom. The molecule has 3 aromatic heterocycles. The first-order chi connectivity index (χ1) is 13.1. The van der Waals surface area contributed by atoms with E-state index in [2.05, 4.69) is 10.1 Å². The highest BCUT2D eigenvalue weighted by Gasteiger charge is 2.25. The van der Waals surface area contributed by atoms with Crippen molar-refractivity contribution in [2.75, 3.05) is 0 Å². The van der Waals surface area contributed by atoms with Crippen LogP contribution < -0.4 is 5.63 Å². The minimum absolute atomic E-state index is 0.140. The molecule has 0 saturated heterocycles. The predicted octanol–water partition coefficient (Wildman–Crippen LogP) is 4.02. The number of aryl methyl sites for hydroxylation is 1. The number of aromatic nitrogens is 2. The summed E-state index contributed by atoms with van der Waals surface area (Å²) >= 11 is 0. The first-order valence-electron chi connectivity index (χ1n) is 8.36. The van der Waals surface area contributed by atoms with Crippen molar-refractivity contribution in [3.05, 3.63) is 81.8 Å². The van der Waals surface area contributed by atoms with E-state index in [1.54, 1.807) is 49.4 Å². The SMILES string of the molecule is Cc1noc2nc3c(c(C(=O)c4ccccc4)c12)c(=O)oc1ccccc13. The summed E-state index contributed by atoms with van der Waals surface area (Å²) in [4.78, 5) is 30.6. The monoisotopic (exact) mass is 356 g/mol. The molecular weight excluding hydrogens is 344 g/mol. The molecule has 0 unspecified atom stereocenters. The van der Waals surface area contributed by atoms with Crippen molar-refractivity contribution < 1.29 is 13.7 Å². The standard InChI is InChI=1S/C21H12N2O4/c1-11-15-16(19(24)12-7-3-2-4-8-12)17-18(22-20(15)27-23-11)13-9-5-6-10-14(13)26-21(17)25/h2-10H,1H3. The topological polar surface area (TPSA) is 86.2 Å². The second kappa shape index (κ2) is 5.60. The van der Waals surface area contributed by atoms with Crippen LogP contribution in [-0.4, -0.2) is 15.9 Å². The molecule has 0 aliphatic carbocycles. The van der Waals surface area contributed by atoms with Gasteiger partial charge in [-0.05, 0) is 19.1 Å². The lowest BCUT2D eigenvalue weighted by molar-refractivity contribution is 0.104. The first-order valence-corrected chi connectivity index (χ1v) is 8.36. The molecule has 6 nitrogen and oxygen atoms in total. The summed E-state index contributed by atoms with van der Waals surface area (Å²) in [6.07, 6.45) is 0. The van der Waals surface area contributed by atoms with Crippen molar-refractivity contribution in [1.82, 2.24) is 10.1 Å². The molecule has 0 aliphatic rings. The van der Waals surface area contributed by atoms with Crippen LogP contribution in [0.25, 0.3) is 33.0 Å². The quantitative estimate of drug-likeness (QED) is 0.270. The third-order valence-electron chi connectivity index (χ3n) is 4.61. The van der Waals surface area contributed by atoms with Gasteiger partial charge in [0, 0.05) is 10.9 Å². The second-order valence-electron chi connectivity index (χ2n) is 6.24. The van der Waals surface area contributed by atoms with Gasteiger partial charge in [-0.1, -0.05) is 47.6 Å². The lowest BCUT2D eigenvalue weighted by atomic mass is 9.96. The van der Waals surface area contributed by atoms with Gasteiger partial charge in [0.1, 0.15) is 5.58 Å². The van der Waals surface area contributed by atoms with Crippen molar-refractivity contribution in [3.63, 3.8) is 0 Å². The average Bonchev–Trinajstić information content (AvgIpc) is 3.07. The van der Waals surface area contributed by atoms with Gasteiger partial charge < -0.3 is 8.94 Å². The summed E-state index contributed by atoms with van der Waals surface area (Å²) in [6.45, 7) is 1.71. The summed E-state index contributed by atoms with van der Waals surface area (Å²) in [6, 6.07) is 15.8. The Labute approximate surface area is 152 Å². The molecular formula is C21H12N2O4. The molecule has 0 bridgehead atoms. The minimum Gasteiger partial charge on any atom is -0.422 e. The average molecular weight is 356 g/mol. The van der Waals surface area contributed by atoms with Gasteiger partial charge in [-0.2, -0.15) is 0 Å². The molecule has 6 heteroatoms. The molecule has 0 saturated carbocycles. The molecule has 5 rings (SSSR count).